The molecule has 1 atom stereocenters. The van der Waals surface area contributed by atoms with E-state index in [9.17, 15) is 4.79 Å². The Morgan fingerprint density at radius 2 is 1.55 bits per heavy atom. The van der Waals surface area contributed by atoms with Crippen LogP contribution in [0.15, 0.2) is 60.7 Å². The number of nitrogens with zero attached hydrogens (tertiary/aromatic N) is 3. The summed E-state index contributed by atoms with van der Waals surface area (Å²) in [6.45, 7) is 6.96. The van der Waals surface area contributed by atoms with Crippen LogP contribution in [0.2, 0.25) is 0 Å². The third-order valence-electron chi connectivity index (χ3n) is 7.92. The highest BCUT2D eigenvalue weighted by Gasteiger charge is 2.42. The SMILES string of the molecule is O=C(CCc1ccccc1)N1CCC2(CC1)CC(N1CCN(c3ccccc3)CC1)CCO2. The first-order valence-electron chi connectivity index (χ1n) is 12.7. The highest BCUT2D eigenvalue weighted by Crippen LogP contribution is 2.37. The van der Waals surface area contributed by atoms with Crippen LogP contribution in [0.1, 0.15) is 37.7 Å². The first-order valence-corrected chi connectivity index (χ1v) is 12.7. The first kappa shape index (κ1) is 22.4. The number of anilines is 1. The van der Waals surface area contributed by atoms with Crippen LogP contribution in [-0.4, -0.2) is 73.2 Å². The number of aryl methyl sites for hydroxylation is 1. The lowest BCUT2D eigenvalue weighted by Crippen LogP contribution is -2.57. The molecule has 5 heteroatoms. The molecule has 33 heavy (non-hydrogen) atoms. The first-order chi connectivity index (χ1) is 16.2. The average Bonchev–Trinajstić information content (AvgIpc) is 2.89. The Labute approximate surface area is 198 Å². The van der Waals surface area contributed by atoms with Crippen LogP contribution in [0.4, 0.5) is 5.69 Å². The molecule has 1 unspecified atom stereocenters. The molecule has 176 valence electrons. The van der Waals surface area contributed by atoms with Crippen LogP contribution in [0.25, 0.3) is 0 Å². The molecule has 1 spiro atoms. The van der Waals surface area contributed by atoms with Gasteiger partial charge in [0.05, 0.1) is 5.60 Å². The number of ether oxygens (including phenoxy) is 1. The van der Waals surface area contributed by atoms with Crippen molar-refractivity contribution < 1.29 is 9.53 Å². The Bertz CT molecular complexity index is 888. The van der Waals surface area contributed by atoms with Crippen molar-refractivity contribution in [1.29, 1.82) is 0 Å². The van der Waals surface area contributed by atoms with Gasteiger partial charge in [-0.2, -0.15) is 0 Å². The molecule has 0 radical (unpaired) electrons. The van der Waals surface area contributed by atoms with Crippen LogP contribution < -0.4 is 4.90 Å². The molecular weight excluding hydrogens is 410 g/mol. The number of likely N-dealkylation sites (tertiary alicyclic amines) is 1. The lowest BCUT2D eigenvalue weighted by Gasteiger charge is -2.50. The van der Waals surface area contributed by atoms with Gasteiger partial charge in [0, 0.05) is 64.0 Å². The van der Waals surface area contributed by atoms with Crippen molar-refractivity contribution in [1.82, 2.24) is 9.80 Å². The van der Waals surface area contributed by atoms with Gasteiger partial charge in [-0.15, -0.1) is 0 Å². The Morgan fingerprint density at radius 3 is 2.24 bits per heavy atom. The fourth-order valence-corrected chi connectivity index (χ4v) is 5.86. The Morgan fingerprint density at radius 1 is 0.879 bits per heavy atom. The molecule has 3 aliphatic heterocycles. The van der Waals surface area contributed by atoms with E-state index in [0.29, 0.717) is 12.5 Å². The third kappa shape index (κ3) is 5.42. The molecule has 3 fully saturated rings. The number of amides is 1. The minimum absolute atomic E-state index is 0.0321. The summed E-state index contributed by atoms with van der Waals surface area (Å²) in [5.74, 6) is 0.290. The zero-order valence-electron chi connectivity index (χ0n) is 19.7. The van der Waals surface area contributed by atoms with E-state index in [0.717, 1.165) is 78.0 Å². The third-order valence-corrected chi connectivity index (χ3v) is 7.92. The van der Waals surface area contributed by atoms with Crippen molar-refractivity contribution in [3.8, 4) is 0 Å². The van der Waals surface area contributed by atoms with Gasteiger partial charge in [0.2, 0.25) is 5.91 Å². The summed E-state index contributed by atoms with van der Waals surface area (Å²) in [4.78, 5) is 20.0. The van der Waals surface area contributed by atoms with Crippen LogP contribution in [0.3, 0.4) is 0 Å². The Hall–Kier alpha value is -2.37. The summed E-state index contributed by atoms with van der Waals surface area (Å²) in [5, 5.41) is 0. The molecule has 3 saturated heterocycles. The molecular formula is C28H37N3O2. The van der Waals surface area contributed by atoms with Gasteiger partial charge in [-0.1, -0.05) is 48.5 Å². The number of carbonyl (C=O) groups is 1. The maximum atomic E-state index is 12.8. The molecule has 0 N–H and O–H groups in total. The molecule has 0 aliphatic carbocycles. The van der Waals surface area contributed by atoms with Gasteiger partial charge in [-0.05, 0) is 49.8 Å². The van der Waals surface area contributed by atoms with E-state index in [1.807, 2.05) is 18.2 Å². The molecule has 2 aromatic rings. The second kappa shape index (κ2) is 10.3. The Balaban J connectivity index is 1.10. The molecule has 0 aromatic heterocycles. The molecule has 3 aliphatic rings. The van der Waals surface area contributed by atoms with E-state index in [4.69, 9.17) is 4.74 Å². The van der Waals surface area contributed by atoms with E-state index in [2.05, 4.69) is 57.2 Å². The van der Waals surface area contributed by atoms with Crippen molar-refractivity contribution in [3.05, 3.63) is 66.2 Å². The molecule has 1 amide bonds. The number of hydrogen-bond acceptors (Lipinski definition) is 4. The van der Waals surface area contributed by atoms with Crippen molar-refractivity contribution in [2.24, 2.45) is 0 Å². The number of rotatable bonds is 5. The van der Waals surface area contributed by atoms with Crippen LogP contribution >= 0.6 is 0 Å². The largest absolute Gasteiger partial charge is 0.375 e. The van der Waals surface area contributed by atoms with Gasteiger partial charge < -0.3 is 14.5 Å². The van der Waals surface area contributed by atoms with Crippen molar-refractivity contribution in [3.63, 3.8) is 0 Å². The minimum atomic E-state index is -0.0321. The number of carbonyl (C=O) groups excluding carboxylic acids is 1. The predicted molar refractivity (Wildman–Crippen MR) is 133 cm³/mol. The molecule has 5 rings (SSSR count). The average molecular weight is 448 g/mol. The molecule has 0 bridgehead atoms. The van der Waals surface area contributed by atoms with Gasteiger partial charge >= 0.3 is 0 Å². The minimum Gasteiger partial charge on any atom is -0.375 e. The quantitative estimate of drug-likeness (QED) is 0.695. The standard InChI is InChI=1S/C28H37N3O2/c32-27(12-11-24-7-3-1-4-8-24)31-16-14-28(15-17-31)23-26(13-22-33-28)30-20-18-29(19-21-30)25-9-5-2-6-10-25/h1-10,26H,11-23H2. The van der Waals surface area contributed by atoms with Gasteiger partial charge in [0.1, 0.15) is 0 Å². The molecule has 2 aromatic carbocycles. The monoisotopic (exact) mass is 447 g/mol. The van der Waals surface area contributed by atoms with Gasteiger partial charge in [-0.25, -0.2) is 0 Å². The maximum Gasteiger partial charge on any atom is 0.222 e. The molecule has 5 nitrogen and oxygen atoms in total. The van der Waals surface area contributed by atoms with Crippen LogP contribution in [0, 0.1) is 0 Å². The fraction of sp³-hybridized carbons (Fsp3) is 0.536. The van der Waals surface area contributed by atoms with E-state index in [1.54, 1.807) is 0 Å². The topological polar surface area (TPSA) is 36.0 Å². The van der Waals surface area contributed by atoms with Crippen molar-refractivity contribution >= 4 is 11.6 Å². The summed E-state index contributed by atoms with van der Waals surface area (Å²) in [6.07, 6.45) is 5.63. The maximum absolute atomic E-state index is 12.8. The molecule has 0 saturated carbocycles. The van der Waals surface area contributed by atoms with E-state index in [-0.39, 0.29) is 11.5 Å². The predicted octanol–water partition coefficient (Wildman–Crippen LogP) is 3.98. The van der Waals surface area contributed by atoms with Crippen molar-refractivity contribution in [2.45, 2.75) is 50.2 Å². The number of piperazine rings is 1. The summed E-state index contributed by atoms with van der Waals surface area (Å²) in [6, 6.07) is 21.7. The Kier molecular flexibility index (Phi) is 6.98. The molecule has 3 heterocycles. The van der Waals surface area contributed by atoms with Gasteiger partial charge in [0.15, 0.2) is 0 Å². The number of para-hydroxylation sites is 1. The van der Waals surface area contributed by atoms with Gasteiger partial charge in [0.25, 0.3) is 0 Å². The van der Waals surface area contributed by atoms with Crippen LogP contribution in [0.5, 0.6) is 0 Å². The smallest absolute Gasteiger partial charge is 0.222 e. The number of hydrogen-bond donors (Lipinski definition) is 0. The highest BCUT2D eigenvalue weighted by molar-refractivity contribution is 5.76. The summed E-state index contributed by atoms with van der Waals surface area (Å²) < 4.78 is 6.40. The lowest BCUT2D eigenvalue weighted by molar-refractivity contribution is -0.149. The summed E-state index contributed by atoms with van der Waals surface area (Å²) in [7, 11) is 0. The lowest BCUT2D eigenvalue weighted by atomic mass is 9.81. The van der Waals surface area contributed by atoms with Crippen molar-refractivity contribution in [2.75, 3.05) is 50.8 Å². The van der Waals surface area contributed by atoms with E-state index in [1.165, 1.54) is 11.3 Å². The summed E-state index contributed by atoms with van der Waals surface area (Å²) in [5.41, 5.74) is 2.55. The van der Waals surface area contributed by atoms with E-state index < -0.39 is 0 Å². The zero-order chi connectivity index (χ0) is 22.5. The zero-order valence-corrected chi connectivity index (χ0v) is 19.7. The number of benzene rings is 2. The second-order valence-electron chi connectivity index (χ2n) is 9.90. The highest BCUT2D eigenvalue weighted by atomic mass is 16.5. The van der Waals surface area contributed by atoms with Gasteiger partial charge in [-0.3, -0.25) is 9.69 Å². The number of piperidine rings is 1. The normalized spacial score (nSPS) is 23.6. The van der Waals surface area contributed by atoms with E-state index >= 15 is 0 Å². The van der Waals surface area contributed by atoms with Crippen LogP contribution in [-0.2, 0) is 16.0 Å². The summed E-state index contributed by atoms with van der Waals surface area (Å²) >= 11 is 0. The second-order valence-corrected chi connectivity index (χ2v) is 9.90. The fourth-order valence-electron chi connectivity index (χ4n) is 5.86.